The van der Waals surface area contributed by atoms with Gasteiger partial charge in [-0.25, -0.2) is 9.98 Å². The third-order valence-corrected chi connectivity index (χ3v) is 5.45. The van der Waals surface area contributed by atoms with E-state index in [-0.39, 0.29) is 29.9 Å². The van der Waals surface area contributed by atoms with Crippen LogP contribution in [0.4, 0.5) is 0 Å². The first-order valence-electron chi connectivity index (χ1n) is 9.89. The van der Waals surface area contributed by atoms with Crippen molar-refractivity contribution in [3.8, 4) is 0 Å². The maximum atomic E-state index is 12.4. The van der Waals surface area contributed by atoms with Gasteiger partial charge < -0.3 is 20.4 Å². The smallest absolute Gasteiger partial charge is 0.251 e. The van der Waals surface area contributed by atoms with Crippen molar-refractivity contribution in [1.29, 1.82) is 0 Å². The Morgan fingerprint density at radius 3 is 2.65 bits per heavy atom. The van der Waals surface area contributed by atoms with Crippen LogP contribution in [0.3, 0.4) is 0 Å². The van der Waals surface area contributed by atoms with Crippen molar-refractivity contribution in [2.45, 2.75) is 40.4 Å². The van der Waals surface area contributed by atoms with E-state index in [1.807, 2.05) is 45.0 Å². The van der Waals surface area contributed by atoms with E-state index in [1.54, 1.807) is 29.7 Å². The second-order valence-corrected chi connectivity index (χ2v) is 8.04. The number of aromatic nitrogens is 1. The number of rotatable bonds is 8. The van der Waals surface area contributed by atoms with Gasteiger partial charge in [0.2, 0.25) is 0 Å². The van der Waals surface area contributed by atoms with Crippen LogP contribution in [0.5, 0.6) is 0 Å². The summed E-state index contributed by atoms with van der Waals surface area (Å²) in [6.07, 6.45) is 1.59. The molecule has 9 heteroatoms. The average Bonchev–Trinajstić information content (AvgIpc) is 3.37. The summed E-state index contributed by atoms with van der Waals surface area (Å²) in [5, 5.41) is 10.5. The van der Waals surface area contributed by atoms with Crippen LogP contribution in [0.1, 0.15) is 44.2 Å². The molecule has 2 aromatic heterocycles. The number of nitrogens with one attached hydrogen (secondary N) is 3. The van der Waals surface area contributed by atoms with Crippen molar-refractivity contribution in [3.63, 3.8) is 0 Å². The van der Waals surface area contributed by atoms with Crippen LogP contribution in [0.15, 0.2) is 52.1 Å². The molecule has 1 amide bonds. The average molecular weight is 553 g/mol. The summed E-state index contributed by atoms with van der Waals surface area (Å²) in [7, 11) is 0. The highest BCUT2D eigenvalue weighted by atomic mass is 127. The number of aryl methyl sites for hydroxylation is 2. The summed E-state index contributed by atoms with van der Waals surface area (Å²) in [5.41, 5.74) is 2.61. The highest BCUT2D eigenvalue weighted by Gasteiger charge is 2.08. The fourth-order valence-electron chi connectivity index (χ4n) is 2.91. The number of furan rings is 1. The summed E-state index contributed by atoms with van der Waals surface area (Å²) >= 11 is 1.69. The van der Waals surface area contributed by atoms with Gasteiger partial charge in [0.25, 0.3) is 5.91 Å². The quantitative estimate of drug-likeness (QED) is 0.222. The Bertz CT molecular complexity index is 1000. The fraction of sp³-hybridized carbons (Fsp3) is 0.318. The molecular weight excluding hydrogens is 525 g/mol. The molecule has 0 radical (unpaired) electrons. The molecule has 2 heterocycles. The van der Waals surface area contributed by atoms with E-state index in [1.165, 1.54) is 4.88 Å². The monoisotopic (exact) mass is 553 g/mol. The van der Waals surface area contributed by atoms with Crippen LogP contribution in [0.2, 0.25) is 0 Å². The van der Waals surface area contributed by atoms with Crippen LogP contribution < -0.4 is 16.0 Å². The molecule has 0 saturated carbocycles. The minimum Gasteiger partial charge on any atom is -0.467 e. The van der Waals surface area contributed by atoms with E-state index in [0.717, 1.165) is 34.5 Å². The van der Waals surface area contributed by atoms with E-state index in [0.29, 0.717) is 25.2 Å². The number of nitrogens with zero attached hydrogens (tertiary/aromatic N) is 2. The van der Waals surface area contributed by atoms with Crippen LogP contribution in [0, 0.1) is 13.8 Å². The van der Waals surface area contributed by atoms with E-state index < -0.39 is 0 Å². The summed E-state index contributed by atoms with van der Waals surface area (Å²) in [6.45, 7) is 8.34. The normalized spacial score (nSPS) is 11.0. The summed E-state index contributed by atoms with van der Waals surface area (Å²) in [5.74, 6) is 1.31. The van der Waals surface area contributed by atoms with Gasteiger partial charge in [-0.2, -0.15) is 0 Å². The van der Waals surface area contributed by atoms with Gasteiger partial charge in [-0.05, 0) is 50.6 Å². The van der Waals surface area contributed by atoms with Gasteiger partial charge in [0.1, 0.15) is 5.76 Å². The molecule has 0 bridgehead atoms. The molecule has 3 aromatic rings. The van der Waals surface area contributed by atoms with Crippen molar-refractivity contribution in [2.24, 2.45) is 4.99 Å². The third-order valence-electron chi connectivity index (χ3n) is 4.37. The van der Waals surface area contributed by atoms with E-state index >= 15 is 0 Å². The Labute approximate surface area is 203 Å². The lowest BCUT2D eigenvalue weighted by Gasteiger charge is -2.11. The third kappa shape index (κ3) is 7.66. The molecule has 31 heavy (non-hydrogen) atoms. The molecule has 0 aliphatic carbocycles. The lowest BCUT2D eigenvalue weighted by atomic mass is 10.1. The molecule has 0 aliphatic heterocycles. The van der Waals surface area contributed by atoms with Gasteiger partial charge in [0, 0.05) is 17.0 Å². The molecule has 3 N–H and O–H groups in total. The number of carbonyl (C=O) groups excluding carboxylic acids is 1. The largest absolute Gasteiger partial charge is 0.467 e. The number of hydrogen-bond acceptors (Lipinski definition) is 5. The van der Waals surface area contributed by atoms with Crippen LogP contribution >= 0.6 is 35.3 Å². The molecule has 0 saturated heterocycles. The second-order valence-electron chi connectivity index (χ2n) is 6.75. The molecule has 0 spiro atoms. The first-order chi connectivity index (χ1) is 14.5. The van der Waals surface area contributed by atoms with Crippen molar-refractivity contribution in [3.05, 3.63) is 75.1 Å². The zero-order chi connectivity index (χ0) is 21.3. The van der Waals surface area contributed by atoms with Gasteiger partial charge in [-0.15, -0.1) is 35.3 Å². The zero-order valence-electron chi connectivity index (χ0n) is 17.9. The minimum absolute atomic E-state index is 0. The topological polar surface area (TPSA) is 91.5 Å². The van der Waals surface area contributed by atoms with Gasteiger partial charge in [-0.3, -0.25) is 4.79 Å². The van der Waals surface area contributed by atoms with Crippen LogP contribution in [-0.2, 0) is 19.6 Å². The van der Waals surface area contributed by atoms with E-state index in [4.69, 9.17) is 4.42 Å². The Kier molecular flexibility index (Phi) is 9.99. The van der Waals surface area contributed by atoms with Crippen molar-refractivity contribution >= 4 is 47.2 Å². The molecule has 1 aromatic carbocycles. The Morgan fingerprint density at radius 2 is 1.97 bits per heavy atom. The van der Waals surface area contributed by atoms with Crippen molar-refractivity contribution in [2.75, 3.05) is 6.54 Å². The number of aliphatic imine (C=N–C) groups is 1. The number of guanidine groups is 1. The van der Waals surface area contributed by atoms with Crippen LogP contribution in [-0.4, -0.2) is 23.4 Å². The van der Waals surface area contributed by atoms with Gasteiger partial charge in [0.15, 0.2) is 5.96 Å². The molecule has 0 fully saturated rings. The predicted molar refractivity (Wildman–Crippen MR) is 135 cm³/mol. The van der Waals surface area contributed by atoms with E-state index in [2.05, 4.69) is 25.9 Å². The van der Waals surface area contributed by atoms with Gasteiger partial charge in [0.05, 0.1) is 36.6 Å². The molecule has 7 nitrogen and oxygen atoms in total. The summed E-state index contributed by atoms with van der Waals surface area (Å²) in [6, 6.07) is 11.1. The van der Waals surface area contributed by atoms with Gasteiger partial charge >= 0.3 is 0 Å². The predicted octanol–water partition coefficient (Wildman–Crippen LogP) is 4.16. The molecule has 166 valence electrons. The Morgan fingerprint density at radius 1 is 1.13 bits per heavy atom. The number of halogens is 1. The molecule has 0 atom stereocenters. The maximum Gasteiger partial charge on any atom is 0.251 e. The number of thiazole rings is 1. The number of amides is 1. The minimum atomic E-state index is -0.140. The zero-order valence-corrected chi connectivity index (χ0v) is 21.0. The number of carbonyl (C=O) groups is 1. The molecule has 3 rings (SSSR count). The summed E-state index contributed by atoms with van der Waals surface area (Å²) < 4.78 is 5.25. The first kappa shape index (κ1) is 24.9. The highest BCUT2D eigenvalue weighted by Crippen LogP contribution is 2.16. The SMILES string of the molecule is CCNC(=NCc1cccc(C(=O)NCc2ccco2)c1)NCc1sc(C)nc1C.I. The molecule has 0 aliphatic rings. The lowest BCUT2D eigenvalue weighted by molar-refractivity contribution is 0.0948. The van der Waals surface area contributed by atoms with Crippen LogP contribution in [0.25, 0.3) is 0 Å². The number of hydrogen-bond donors (Lipinski definition) is 3. The molecular formula is C22H28IN5O2S. The van der Waals surface area contributed by atoms with E-state index in [9.17, 15) is 4.79 Å². The Balaban J connectivity index is 0.00000341. The Hall–Kier alpha value is -2.40. The summed E-state index contributed by atoms with van der Waals surface area (Å²) in [4.78, 5) is 22.7. The fourth-order valence-corrected chi connectivity index (χ4v) is 3.78. The lowest BCUT2D eigenvalue weighted by Crippen LogP contribution is -2.36. The maximum absolute atomic E-state index is 12.4. The van der Waals surface area contributed by atoms with Crippen molar-refractivity contribution < 1.29 is 9.21 Å². The molecule has 0 unspecified atom stereocenters. The standard InChI is InChI=1S/C22H27N5O2S.HI/c1-4-23-22(26-14-20-15(2)27-16(3)30-20)25-12-17-7-5-8-18(11-17)21(28)24-13-19-9-6-10-29-19;/h5-11H,4,12-14H2,1-3H3,(H,24,28)(H2,23,25,26);1H. The number of benzene rings is 1. The highest BCUT2D eigenvalue weighted by molar-refractivity contribution is 14.0. The van der Waals surface area contributed by atoms with Crippen molar-refractivity contribution in [1.82, 2.24) is 20.9 Å². The van der Waals surface area contributed by atoms with Gasteiger partial charge in [-0.1, -0.05) is 12.1 Å². The first-order valence-corrected chi connectivity index (χ1v) is 10.7. The second kappa shape index (κ2) is 12.5.